The second-order valence-corrected chi connectivity index (χ2v) is 5.48. The number of rotatable bonds is 4. The minimum atomic E-state index is -1.21. The van der Waals surface area contributed by atoms with Gasteiger partial charge in [0.2, 0.25) is 5.16 Å². The highest BCUT2D eigenvalue weighted by Gasteiger charge is 2.11. The molecule has 0 aliphatic carbocycles. The molecule has 5 nitrogen and oxygen atoms in total. The van der Waals surface area contributed by atoms with E-state index in [1.54, 1.807) is 24.3 Å². The highest BCUT2D eigenvalue weighted by molar-refractivity contribution is 7.84. The fourth-order valence-corrected chi connectivity index (χ4v) is 2.01. The molecule has 0 fully saturated rings. The fraction of sp³-hybridized carbons (Fsp3) is 0.273. The maximum absolute atomic E-state index is 11.1. The van der Waals surface area contributed by atoms with E-state index in [1.807, 2.05) is 0 Å². The van der Waals surface area contributed by atoms with Gasteiger partial charge in [-0.15, -0.1) is 5.10 Å². The van der Waals surface area contributed by atoms with Crippen molar-refractivity contribution in [2.75, 3.05) is 6.26 Å². The van der Waals surface area contributed by atoms with Gasteiger partial charge in [0.05, 0.1) is 23.4 Å². The number of aromatic nitrogens is 3. The van der Waals surface area contributed by atoms with Crippen molar-refractivity contribution in [3.8, 4) is 0 Å². The summed E-state index contributed by atoms with van der Waals surface area (Å²) in [5.41, 5.74) is 0.745. The molecule has 0 saturated heterocycles. The van der Waals surface area contributed by atoms with Crippen molar-refractivity contribution in [1.82, 2.24) is 14.8 Å². The molecule has 0 saturated carbocycles. The van der Waals surface area contributed by atoms with Gasteiger partial charge in [-0.1, -0.05) is 23.7 Å². The van der Waals surface area contributed by atoms with Crippen LogP contribution in [0.15, 0.2) is 35.7 Å². The van der Waals surface area contributed by atoms with Crippen LogP contribution in [0, 0.1) is 0 Å². The van der Waals surface area contributed by atoms with Crippen molar-refractivity contribution in [2.24, 2.45) is 0 Å². The van der Waals surface area contributed by atoms with Gasteiger partial charge in [-0.05, 0) is 17.7 Å². The summed E-state index contributed by atoms with van der Waals surface area (Å²) in [6.45, 7) is 0.256. The van der Waals surface area contributed by atoms with Crippen molar-refractivity contribution in [3.05, 3.63) is 41.2 Å². The Morgan fingerprint density at radius 3 is 2.67 bits per heavy atom. The third-order valence-corrected chi connectivity index (χ3v) is 3.34. The Morgan fingerprint density at radius 1 is 1.44 bits per heavy atom. The lowest BCUT2D eigenvalue weighted by Gasteiger charge is -2.10. The van der Waals surface area contributed by atoms with Gasteiger partial charge < -0.3 is 5.11 Å². The Morgan fingerprint density at radius 2 is 2.11 bits per heavy atom. The second-order valence-electron chi connectivity index (χ2n) is 3.77. The maximum Gasteiger partial charge on any atom is 0.238 e. The largest absolute Gasteiger partial charge is 0.386 e. The first-order valence-electron chi connectivity index (χ1n) is 5.22. The van der Waals surface area contributed by atoms with Gasteiger partial charge in [0.25, 0.3) is 0 Å². The van der Waals surface area contributed by atoms with E-state index in [0.29, 0.717) is 5.02 Å². The molecule has 0 aliphatic rings. The Bertz CT molecular complexity index is 556. The monoisotopic (exact) mass is 285 g/mol. The van der Waals surface area contributed by atoms with Crippen LogP contribution in [-0.2, 0) is 17.3 Å². The Kier molecular flexibility index (Phi) is 4.11. The third kappa shape index (κ3) is 3.16. The highest BCUT2D eigenvalue weighted by atomic mass is 35.5. The van der Waals surface area contributed by atoms with Crippen LogP contribution in [-0.4, -0.2) is 30.3 Å². The molecule has 7 heteroatoms. The van der Waals surface area contributed by atoms with Crippen LogP contribution in [0.25, 0.3) is 0 Å². The summed E-state index contributed by atoms with van der Waals surface area (Å²) in [5.74, 6) is 0. The van der Waals surface area contributed by atoms with Gasteiger partial charge in [-0.3, -0.25) is 4.21 Å². The van der Waals surface area contributed by atoms with Crippen molar-refractivity contribution in [1.29, 1.82) is 0 Å². The molecule has 1 heterocycles. The Balaban J connectivity index is 2.08. The standard InChI is InChI=1S/C11H12ClN3O2S/c1-18(17)11-13-7-15(14-11)6-10(16)8-2-4-9(12)5-3-8/h2-5,7,10,16H,6H2,1H3. The number of benzene rings is 1. The van der Waals surface area contributed by atoms with Gasteiger partial charge in [0.1, 0.15) is 6.33 Å². The van der Waals surface area contributed by atoms with Crippen molar-refractivity contribution < 1.29 is 9.32 Å². The van der Waals surface area contributed by atoms with Crippen LogP contribution in [0.1, 0.15) is 11.7 Å². The molecule has 0 bridgehead atoms. The van der Waals surface area contributed by atoms with Crippen LogP contribution in [0.5, 0.6) is 0 Å². The van der Waals surface area contributed by atoms with Crippen molar-refractivity contribution >= 4 is 22.4 Å². The molecule has 1 N–H and O–H groups in total. The molecule has 96 valence electrons. The summed E-state index contributed by atoms with van der Waals surface area (Å²) in [7, 11) is -1.21. The Labute approximate surface area is 112 Å². The third-order valence-electron chi connectivity index (χ3n) is 2.39. The average molecular weight is 286 g/mol. The van der Waals surface area contributed by atoms with Crippen LogP contribution in [0.4, 0.5) is 0 Å². The molecule has 0 amide bonds. The molecule has 1 aromatic heterocycles. The maximum atomic E-state index is 11.1. The Hall–Kier alpha value is -1.24. The van der Waals surface area contributed by atoms with E-state index in [1.165, 1.54) is 17.3 Å². The van der Waals surface area contributed by atoms with Gasteiger partial charge in [-0.25, -0.2) is 9.67 Å². The number of hydrogen-bond donors (Lipinski definition) is 1. The quantitative estimate of drug-likeness (QED) is 0.922. The predicted octanol–water partition coefficient (Wildman–Crippen LogP) is 1.40. The zero-order valence-corrected chi connectivity index (χ0v) is 11.2. The zero-order valence-electron chi connectivity index (χ0n) is 9.65. The number of halogens is 1. The molecule has 2 unspecified atom stereocenters. The molecular weight excluding hydrogens is 274 g/mol. The van der Waals surface area contributed by atoms with Gasteiger partial charge in [0, 0.05) is 11.3 Å². The van der Waals surface area contributed by atoms with E-state index in [9.17, 15) is 9.32 Å². The number of aliphatic hydroxyl groups is 1. The minimum Gasteiger partial charge on any atom is -0.386 e. The summed E-state index contributed by atoms with van der Waals surface area (Å²) in [6, 6.07) is 6.94. The summed E-state index contributed by atoms with van der Waals surface area (Å²) in [4.78, 5) is 3.90. The average Bonchev–Trinajstić information content (AvgIpc) is 2.78. The predicted molar refractivity (Wildman–Crippen MR) is 68.8 cm³/mol. The molecule has 2 atom stereocenters. The molecule has 0 spiro atoms. The SMILES string of the molecule is CS(=O)c1ncn(CC(O)c2ccc(Cl)cc2)n1. The minimum absolute atomic E-state index is 0.256. The topological polar surface area (TPSA) is 68.0 Å². The molecule has 18 heavy (non-hydrogen) atoms. The summed E-state index contributed by atoms with van der Waals surface area (Å²) in [6.07, 6.45) is 2.26. The number of aliphatic hydroxyl groups excluding tert-OH is 1. The lowest BCUT2D eigenvalue weighted by atomic mass is 10.1. The molecule has 0 aliphatic heterocycles. The van der Waals surface area contributed by atoms with E-state index in [-0.39, 0.29) is 11.7 Å². The number of hydrogen-bond acceptors (Lipinski definition) is 4. The normalized spacial score (nSPS) is 14.4. The molecule has 2 aromatic rings. The van der Waals surface area contributed by atoms with E-state index < -0.39 is 16.9 Å². The van der Waals surface area contributed by atoms with Crippen LogP contribution >= 0.6 is 11.6 Å². The van der Waals surface area contributed by atoms with E-state index >= 15 is 0 Å². The first kappa shape index (κ1) is 13.2. The zero-order chi connectivity index (χ0) is 13.1. The van der Waals surface area contributed by atoms with E-state index in [2.05, 4.69) is 10.1 Å². The van der Waals surface area contributed by atoms with Crippen LogP contribution in [0.2, 0.25) is 5.02 Å². The van der Waals surface area contributed by atoms with E-state index in [0.717, 1.165) is 5.56 Å². The molecule has 0 radical (unpaired) electrons. The molecule has 1 aromatic carbocycles. The lowest BCUT2D eigenvalue weighted by molar-refractivity contribution is 0.151. The summed E-state index contributed by atoms with van der Waals surface area (Å²) >= 11 is 5.77. The van der Waals surface area contributed by atoms with Crippen molar-refractivity contribution in [3.63, 3.8) is 0 Å². The van der Waals surface area contributed by atoms with Gasteiger partial charge >= 0.3 is 0 Å². The smallest absolute Gasteiger partial charge is 0.238 e. The van der Waals surface area contributed by atoms with Crippen LogP contribution < -0.4 is 0 Å². The van der Waals surface area contributed by atoms with Gasteiger partial charge in [0.15, 0.2) is 0 Å². The summed E-state index contributed by atoms with van der Waals surface area (Å²) < 4.78 is 12.6. The van der Waals surface area contributed by atoms with Crippen molar-refractivity contribution in [2.45, 2.75) is 17.8 Å². The fourth-order valence-electron chi connectivity index (χ4n) is 1.46. The van der Waals surface area contributed by atoms with E-state index in [4.69, 9.17) is 11.6 Å². The highest BCUT2D eigenvalue weighted by Crippen LogP contribution is 2.17. The summed E-state index contributed by atoms with van der Waals surface area (Å²) in [5, 5.41) is 14.9. The second kappa shape index (κ2) is 5.60. The first-order valence-corrected chi connectivity index (χ1v) is 7.16. The molecular formula is C11H12ClN3O2S. The number of nitrogens with zero attached hydrogens (tertiary/aromatic N) is 3. The first-order chi connectivity index (χ1) is 8.56. The van der Waals surface area contributed by atoms with Crippen LogP contribution in [0.3, 0.4) is 0 Å². The molecule has 2 rings (SSSR count). The lowest BCUT2D eigenvalue weighted by Crippen LogP contribution is -2.09. The van der Waals surface area contributed by atoms with Gasteiger partial charge in [-0.2, -0.15) is 0 Å².